The van der Waals surface area contributed by atoms with Crippen molar-refractivity contribution >= 4 is 23.9 Å². The molecular formula is C29H25N7OS. The Labute approximate surface area is 224 Å². The second-order valence-electron chi connectivity index (χ2n) is 8.23. The molecule has 5 aromatic rings. The van der Waals surface area contributed by atoms with Gasteiger partial charge in [0.2, 0.25) is 0 Å². The number of carbonyl (C=O) groups is 1. The summed E-state index contributed by atoms with van der Waals surface area (Å²) in [7, 11) is 0. The van der Waals surface area contributed by atoms with Gasteiger partial charge in [0.25, 0.3) is 5.91 Å². The molecule has 1 amide bonds. The number of thioether (sulfide) groups is 1. The number of hydrazone groups is 1. The fourth-order valence-corrected chi connectivity index (χ4v) is 4.58. The van der Waals surface area contributed by atoms with Crippen molar-refractivity contribution < 1.29 is 4.79 Å². The molecule has 0 unspecified atom stereocenters. The predicted molar refractivity (Wildman–Crippen MR) is 151 cm³/mol. The molecule has 0 fully saturated rings. The van der Waals surface area contributed by atoms with Crippen LogP contribution in [0.5, 0.6) is 0 Å². The van der Waals surface area contributed by atoms with Gasteiger partial charge in [-0.2, -0.15) is 10.2 Å². The Morgan fingerprint density at radius 3 is 2.26 bits per heavy atom. The molecule has 0 atom stereocenters. The molecule has 0 spiro atoms. The minimum absolute atomic E-state index is 0.135. The third-order valence-electron chi connectivity index (χ3n) is 5.60. The third kappa shape index (κ3) is 5.79. The van der Waals surface area contributed by atoms with E-state index in [-0.39, 0.29) is 11.7 Å². The van der Waals surface area contributed by atoms with E-state index in [0.29, 0.717) is 11.7 Å². The number of rotatable bonds is 10. The SMILES string of the molecule is C=CCn1c(SCC(=O)N/N=C/c2cn(-c3ccccc3)nc2-c2ccccc2)nnc1-c1ccccc1. The molecule has 5 rings (SSSR count). The lowest BCUT2D eigenvalue weighted by atomic mass is 10.1. The molecule has 0 aliphatic rings. The lowest BCUT2D eigenvalue weighted by molar-refractivity contribution is -0.118. The number of hydrogen-bond acceptors (Lipinski definition) is 6. The van der Waals surface area contributed by atoms with Crippen LogP contribution in [0.2, 0.25) is 0 Å². The molecule has 2 heterocycles. The van der Waals surface area contributed by atoms with Crippen LogP contribution in [0.1, 0.15) is 5.56 Å². The van der Waals surface area contributed by atoms with Gasteiger partial charge in [-0.15, -0.1) is 16.8 Å². The molecule has 1 N–H and O–H groups in total. The predicted octanol–water partition coefficient (Wildman–Crippen LogP) is 5.23. The van der Waals surface area contributed by atoms with E-state index >= 15 is 0 Å². The molecule has 9 heteroatoms. The van der Waals surface area contributed by atoms with E-state index < -0.39 is 0 Å². The summed E-state index contributed by atoms with van der Waals surface area (Å²) < 4.78 is 3.74. The molecule has 0 saturated carbocycles. The highest BCUT2D eigenvalue weighted by Gasteiger charge is 2.15. The number of benzene rings is 3. The average Bonchev–Trinajstić information content (AvgIpc) is 3.58. The van der Waals surface area contributed by atoms with Crippen LogP contribution >= 0.6 is 11.8 Å². The smallest absolute Gasteiger partial charge is 0.250 e. The van der Waals surface area contributed by atoms with Crippen LogP contribution in [0.15, 0.2) is 120 Å². The van der Waals surface area contributed by atoms with E-state index in [1.807, 2.05) is 102 Å². The van der Waals surface area contributed by atoms with Gasteiger partial charge < -0.3 is 0 Å². The van der Waals surface area contributed by atoms with Crippen LogP contribution in [-0.4, -0.2) is 42.4 Å². The lowest BCUT2D eigenvalue weighted by Gasteiger charge is -2.07. The molecule has 188 valence electrons. The zero-order valence-corrected chi connectivity index (χ0v) is 21.3. The summed E-state index contributed by atoms with van der Waals surface area (Å²) in [5.41, 5.74) is 7.01. The first-order valence-electron chi connectivity index (χ1n) is 12.0. The molecular weight excluding hydrogens is 494 g/mol. The number of amides is 1. The van der Waals surface area contributed by atoms with E-state index in [9.17, 15) is 4.79 Å². The number of allylic oxidation sites excluding steroid dienone is 1. The Morgan fingerprint density at radius 1 is 0.921 bits per heavy atom. The number of carbonyl (C=O) groups excluding carboxylic acids is 1. The molecule has 0 aliphatic carbocycles. The van der Waals surface area contributed by atoms with Crippen molar-refractivity contribution in [1.29, 1.82) is 0 Å². The van der Waals surface area contributed by atoms with Gasteiger partial charge in [-0.1, -0.05) is 96.7 Å². The highest BCUT2D eigenvalue weighted by molar-refractivity contribution is 7.99. The van der Waals surface area contributed by atoms with E-state index in [1.165, 1.54) is 11.8 Å². The highest BCUT2D eigenvalue weighted by Crippen LogP contribution is 2.24. The van der Waals surface area contributed by atoms with E-state index in [2.05, 4.69) is 27.3 Å². The van der Waals surface area contributed by atoms with Gasteiger partial charge in [0, 0.05) is 29.4 Å². The summed E-state index contributed by atoms with van der Waals surface area (Å²) in [4.78, 5) is 12.6. The number of aromatic nitrogens is 5. The molecule has 0 radical (unpaired) electrons. The van der Waals surface area contributed by atoms with Crippen molar-refractivity contribution in [2.75, 3.05) is 5.75 Å². The van der Waals surface area contributed by atoms with Gasteiger partial charge in [0.15, 0.2) is 11.0 Å². The minimum atomic E-state index is -0.252. The molecule has 38 heavy (non-hydrogen) atoms. The largest absolute Gasteiger partial charge is 0.298 e. The Hall–Kier alpha value is -4.76. The van der Waals surface area contributed by atoms with E-state index in [1.54, 1.807) is 17.0 Å². The van der Waals surface area contributed by atoms with Crippen molar-refractivity contribution in [2.45, 2.75) is 11.7 Å². The summed E-state index contributed by atoms with van der Waals surface area (Å²) in [6.07, 6.45) is 5.29. The van der Waals surface area contributed by atoms with Crippen LogP contribution in [0.25, 0.3) is 28.3 Å². The zero-order valence-electron chi connectivity index (χ0n) is 20.5. The lowest BCUT2D eigenvalue weighted by Crippen LogP contribution is -2.20. The van der Waals surface area contributed by atoms with Crippen molar-refractivity contribution in [3.05, 3.63) is 115 Å². The normalized spacial score (nSPS) is 11.1. The van der Waals surface area contributed by atoms with Gasteiger partial charge in [-0.25, -0.2) is 10.1 Å². The zero-order chi connectivity index (χ0) is 26.2. The first kappa shape index (κ1) is 24.9. The van der Waals surface area contributed by atoms with Crippen molar-refractivity contribution in [3.8, 4) is 28.3 Å². The Morgan fingerprint density at radius 2 is 1.58 bits per heavy atom. The second kappa shape index (κ2) is 12.0. The number of para-hydroxylation sites is 1. The van der Waals surface area contributed by atoms with Crippen LogP contribution in [0, 0.1) is 0 Å². The maximum Gasteiger partial charge on any atom is 0.250 e. The summed E-state index contributed by atoms with van der Waals surface area (Å²) in [5.74, 6) is 0.614. The highest BCUT2D eigenvalue weighted by atomic mass is 32.2. The monoisotopic (exact) mass is 519 g/mol. The number of hydrogen-bond donors (Lipinski definition) is 1. The summed E-state index contributed by atoms with van der Waals surface area (Å²) in [6.45, 7) is 4.37. The maximum absolute atomic E-state index is 12.6. The fraction of sp³-hybridized carbons (Fsp3) is 0.0690. The van der Waals surface area contributed by atoms with Crippen LogP contribution < -0.4 is 5.43 Å². The topological polar surface area (TPSA) is 90.0 Å². The molecule has 8 nitrogen and oxygen atoms in total. The van der Waals surface area contributed by atoms with Crippen LogP contribution in [0.4, 0.5) is 0 Å². The van der Waals surface area contributed by atoms with Gasteiger partial charge in [0.05, 0.1) is 17.7 Å². The van der Waals surface area contributed by atoms with Crippen molar-refractivity contribution in [1.82, 2.24) is 30.0 Å². The summed E-state index contributed by atoms with van der Waals surface area (Å²) in [5, 5.41) is 18.2. The van der Waals surface area contributed by atoms with Crippen molar-refractivity contribution in [2.24, 2.45) is 5.10 Å². The average molecular weight is 520 g/mol. The summed E-state index contributed by atoms with van der Waals surface area (Å²) >= 11 is 1.30. The Bertz CT molecular complexity index is 1540. The number of nitrogens with zero attached hydrogens (tertiary/aromatic N) is 6. The van der Waals surface area contributed by atoms with E-state index in [4.69, 9.17) is 5.10 Å². The number of nitrogens with one attached hydrogen (secondary N) is 1. The van der Waals surface area contributed by atoms with Gasteiger partial charge in [0.1, 0.15) is 5.69 Å². The second-order valence-corrected chi connectivity index (χ2v) is 9.18. The van der Waals surface area contributed by atoms with Crippen LogP contribution in [-0.2, 0) is 11.3 Å². The Balaban J connectivity index is 1.28. The van der Waals surface area contributed by atoms with Gasteiger partial charge in [-0.05, 0) is 12.1 Å². The summed E-state index contributed by atoms with van der Waals surface area (Å²) in [6, 6.07) is 29.5. The molecule has 0 aliphatic heterocycles. The molecule has 2 aromatic heterocycles. The maximum atomic E-state index is 12.6. The standard InChI is InChI=1S/C29H25N7OS/c1-2-18-35-28(23-14-8-4-9-15-23)32-33-29(35)38-21-26(37)31-30-19-24-20-36(25-16-10-5-11-17-25)34-27(24)22-12-6-3-7-13-22/h2-17,19-20H,1,18,21H2,(H,31,37)/b30-19+. The Kier molecular flexibility index (Phi) is 7.86. The third-order valence-corrected chi connectivity index (χ3v) is 6.56. The van der Waals surface area contributed by atoms with Gasteiger partial charge >= 0.3 is 0 Å². The minimum Gasteiger partial charge on any atom is -0.298 e. The molecule has 0 saturated heterocycles. The first-order chi connectivity index (χ1) is 18.7. The van der Waals surface area contributed by atoms with Crippen LogP contribution in [0.3, 0.4) is 0 Å². The van der Waals surface area contributed by atoms with Crippen molar-refractivity contribution in [3.63, 3.8) is 0 Å². The van der Waals surface area contributed by atoms with E-state index in [0.717, 1.165) is 33.9 Å². The molecule has 3 aromatic carbocycles. The fourth-order valence-electron chi connectivity index (χ4n) is 3.84. The van der Waals surface area contributed by atoms with Gasteiger partial charge in [-0.3, -0.25) is 9.36 Å². The quantitative estimate of drug-likeness (QED) is 0.118. The first-order valence-corrected chi connectivity index (χ1v) is 13.0. The molecule has 0 bridgehead atoms.